The third-order valence-corrected chi connectivity index (χ3v) is 2.48. The molecular weight excluding hydrogens is 248 g/mol. The summed E-state index contributed by atoms with van der Waals surface area (Å²) in [5, 5.41) is 13.0. The number of amides is 3. The molecule has 108 valence electrons. The van der Waals surface area contributed by atoms with Crippen LogP contribution < -0.4 is 10.6 Å². The fourth-order valence-corrected chi connectivity index (χ4v) is 1.51. The van der Waals surface area contributed by atoms with Crippen LogP contribution in [0.5, 0.6) is 0 Å². The Balaban J connectivity index is 3.84. The van der Waals surface area contributed by atoms with Gasteiger partial charge in [-0.1, -0.05) is 32.6 Å². The van der Waals surface area contributed by atoms with Crippen molar-refractivity contribution in [3.63, 3.8) is 0 Å². The van der Waals surface area contributed by atoms with Crippen molar-refractivity contribution in [1.29, 1.82) is 0 Å². The quantitative estimate of drug-likeness (QED) is 0.463. The fourth-order valence-electron chi connectivity index (χ4n) is 1.51. The number of rotatable bonds is 8. The summed E-state index contributed by atoms with van der Waals surface area (Å²) in [5.74, 6) is -1.99. The van der Waals surface area contributed by atoms with Gasteiger partial charge in [-0.25, -0.2) is 9.59 Å². The molecule has 0 saturated carbocycles. The molecule has 0 aliphatic carbocycles. The van der Waals surface area contributed by atoms with Crippen molar-refractivity contribution in [2.45, 2.75) is 52.0 Å². The highest BCUT2D eigenvalue weighted by atomic mass is 16.4. The number of aliphatic carboxylic acids is 1. The predicted molar refractivity (Wildman–Crippen MR) is 71.7 cm³/mol. The standard InChI is InChI=1S/C13H22N2O4/c1-3-4-5-6-7-10(2)14-13(19)15-11(16)8-9-12(17)18/h8-10H,3-7H2,1-2H3,(H,17,18)(H2,14,15,16,19)/b9-8+. The van der Waals surface area contributed by atoms with E-state index in [-0.39, 0.29) is 6.04 Å². The number of carboxylic acid groups (broad SMARTS) is 1. The van der Waals surface area contributed by atoms with Crippen LogP contribution in [0.25, 0.3) is 0 Å². The molecule has 0 saturated heterocycles. The van der Waals surface area contributed by atoms with Gasteiger partial charge in [-0.2, -0.15) is 0 Å². The number of carbonyl (C=O) groups is 3. The zero-order valence-corrected chi connectivity index (χ0v) is 11.4. The normalized spacial score (nSPS) is 12.1. The molecule has 0 aliphatic rings. The van der Waals surface area contributed by atoms with E-state index in [1.807, 2.05) is 12.2 Å². The Morgan fingerprint density at radius 3 is 2.42 bits per heavy atom. The van der Waals surface area contributed by atoms with E-state index >= 15 is 0 Å². The molecule has 3 amide bonds. The summed E-state index contributed by atoms with van der Waals surface area (Å²) in [7, 11) is 0. The Morgan fingerprint density at radius 2 is 1.84 bits per heavy atom. The van der Waals surface area contributed by atoms with E-state index in [0.717, 1.165) is 31.8 Å². The van der Waals surface area contributed by atoms with Gasteiger partial charge >= 0.3 is 12.0 Å². The third kappa shape index (κ3) is 11.0. The minimum atomic E-state index is -1.24. The molecule has 1 atom stereocenters. The number of unbranched alkanes of at least 4 members (excludes halogenated alkanes) is 3. The second-order valence-electron chi connectivity index (χ2n) is 4.38. The van der Waals surface area contributed by atoms with Crippen molar-refractivity contribution in [2.24, 2.45) is 0 Å². The SMILES string of the molecule is CCCCCCC(C)NC(=O)NC(=O)/C=C/C(=O)O. The van der Waals surface area contributed by atoms with Gasteiger partial charge in [0.1, 0.15) is 0 Å². The molecule has 0 aliphatic heterocycles. The second-order valence-corrected chi connectivity index (χ2v) is 4.38. The average Bonchev–Trinajstić information content (AvgIpc) is 2.32. The van der Waals surface area contributed by atoms with Gasteiger partial charge in [-0.3, -0.25) is 10.1 Å². The van der Waals surface area contributed by atoms with Crippen LogP contribution in [-0.4, -0.2) is 29.1 Å². The van der Waals surface area contributed by atoms with Gasteiger partial charge in [0.05, 0.1) is 0 Å². The number of hydrogen-bond donors (Lipinski definition) is 3. The van der Waals surface area contributed by atoms with Crippen LogP contribution in [0.2, 0.25) is 0 Å². The molecule has 0 fully saturated rings. The van der Waals surface area contributed by atoms with Crippen LogP contribution in [0.1, 0.15) is 46.0 Å². The molecule has 0 aromatic rings. The van der Waals surface area contributed by atoms with Crippen LogP contribution in [0.3, 0.4) is 0 Å². The van der Waals surface area contributed by atoms with E-state index in [2.05, 4.69) is 12.2 Å². The van der Waals surface area contributed by atoms with Crippen molar-refractivity contribution in [2.75, 3.05) is 0 Å². The van der Waals surface area contributed by atoms with E-state index in [0.29, 0.717) is 6.08 Å². The molecule has 0 aromatic carbocycles. The molecule has 0 heterocycles. The Bertz CT molecular complexity index is 340. The molecule has 0 rings (SSSR count). The number of nitrogens with one attached hydrogen (secondary N) is 2. The van der Waals surface area contributed by atoms with E-state index in [9.17, 15) is 14.4 Å². The predicted octanol–water partition coefficient (Wildman–Crippen LogP) is 1.81. The molecular formula is C13H22N2O4. The minimum Gasteiger partial charge on any atom is -0.478 e. The largest absolute Gasteiger partial charge is 0.478 e. The number of carboxylic acids is 1. The molecule has 6 nitrogen and oxygen atoms in total. The van der Waals surface area contributed by atoms with Crippen molar-refractivity contribution in [3.05, 3.63) is 12.2 Å². The maximum atomic E-state index is 11.4. The van der Waals surface area contributed by atoms with Crippen molar-refractivity contribution < 1.29 is 19.5 Å². The summed E-state index contributed by atoms with van der Waals surface area (Å²) in [6, 6.07) is -0.629. The van der Waals surface area contributed by atoms with Crippen LogP contribution in [-0.2, 0) is 9.59 Å². The van der Waals surface area contributed by atoms with Gasteiger partial charge in [0.2, 0.25) is 0 Å². The smallest absolute Gasteiger partial charge is 0.328 e. The molecule has 0 bridgehead atoms. The lowest BCUT2D eigenvalue weighted by Crippen LogP contribution is -2.43. The lowest BCUT2D eigenvalue weighted by molar-refractivity contribution is -0.131. The summed E-state index contributed by atoms with van der Waals surface area (Å²) in [6.45, 7) is 3.99. The van der Waals surface area contributed by atoms with Crippen LogP contribution in [0.15, 0.2) is 12.2 Å². The zero-order valence-electron chi connectivity index (χ0n) is 11.4. The maximum Gasteiger partial charge on any atom is 0.328 e. The van der Waals surface area contributed by atoms with Crippen molar-refractivity contribution in [3.8, 4) is 0 Å². The zero-order chi connectivity index (χ0) is 14.7. The number of carbonyl (C=O) groups excluding carboxylic acids is 2. The van der Waals surface area contributed by atoms with Gasteiger partial charge in [0, 0.05) is 18.2 Å². The summed E-state index contributed by atoms with van der Waals surface area (Å²) < 4.78 is 0. The lowest BCUT2D eigenvalue weighted by atomic mass is 10.1. The lowest BCUT2D eigenvalue weighted by Gasteiger charge is -2.13. The molecule has 6 heteroatoms. The molecule has 0 radical (unpaired) electrons. The molecule has 0 spiro atoms. The van der Waals surface area contributed by atoms with E-state index in [4.69, 9.17) is 5.11 Å². The van der Waals surface area contributed by atoms with Crippen molar-refractivity contribution >= 4 is 17.9 Å². The highest BCUT2D eigenvalue weighted by molar-refractivity contribution is 6.02. The highest BCUT2D eigenvalue weighted by Gasteiger charge is 2.08. The van der Waals surface area contributed by atoms with Crippen LogP contribution in [0, 0.1) is 0 Å². The second kappa shape index (κ2) is 10.1. The van der Waals surface area contributed by atoms with Gasteiger partial charge in [0.15, 0.2) is 0 Å². The maximum absolute atomic E-state index is 11.4. The molecule has 19 heavy (non-hydrogen) atoms. The average molecular weight is 270 g/mol. The van der Waals surface area contributed by atoms with Crippen LogP contribution in [0.4, 0.5) is 4.79 Å². The Kier molecular flexibility index (Phi) is 9.12. The van der Waals surface area contributed by atoms with Gasteiger partial charge in [0.25, 0.3) is 5.91 Å². The third-order valence-electron chi connectivity index (χ3n) is 2.48. The van der Waals surface area contributed by atoms with Gasteiger partial charge in [-0.05, 0) is 13.3 Å². The molecule has 3 N–H and O–H groups in total. The summed E-state index contributed by atoms with van der Waals surface area (Å²) in [4.78, 5) is 32.7. The Labute approximate surface area is 113 Å². The Hall–Kier alpha value is -1.85. The molecule has 0 aromatic heterocycles. The van der Waals surface area contributed by atoms with Gasteiger partial charge in [-0.15, -0.1) is 0 Å². The monoisotopic (exact) mass is 270 g/mol. The number of hydrogen-bond acceptors (Lipinski definition) is 3. The summed E-state index contributed by atoms with van der Waals surface area (Å²) in [5.41, 5.74) is 0. The molecule has 1 unspecified atom stereocenters. The number of imide groups is 1. The summed E-state index contributed by atoms with van der Waals surface area (Å²) >= 11 is 0. The van der Waals surface area contributed by atoms with Crippen molar-refractivity contribution in [1.82, 2.24) is 10.6 Å². The van der Waals surface area contributed by atoms with E-state index < -0.39 is 17.9 Å². The first-order valence-corrected chi connectivity index (χ1v) is 6.48. The van der Waals surface area contributed by atoms with Gasteiger partial charge < -0.3 is 10.4 Å². The first kappa shape index (κ1) is 17.2. The highest BCUT2D eigenvalue weighted by Crippen LogP contribution is 2.04. The topological polar surface area (TPSA) is 95.5 Å². The minimum absolute atomic E-state index is 0.0203. The first-order chi connectivity index (χ1) is 8.95. The Morgan fingerprint density at radius 1 is 1.16 bits per heavy atom. The van der Waals surface area contributed by atoms with E-state index in [1.165, 1.54) is 6.42 Å². The summed E-state index contributed by atoms with van der Waals surface area (Å²) in [6.07, 6.45) is 6.83. The van der Waals surface area contributed by atoms with E-state index in [1.54, 1.807) is 0 Å². The number of urea groups is 1. The fraction of sp³-hybridized carbons (Fsp3) is 0.615. The first-order valence-electron chi connectivity index (χ1n) is 6.48. The van der Waals surface area contributed by atoms with Crippen LogP contribution >= 0.6 is 0 Å².